The number of rotatable bonds is 5. The fraction of sp³-hybridized carbons (Fsp3) is 0.250. The summed E-state index contributed by atoms with van der Waals surface area (Å²) in [6.07, 6.45) is 1.92. The van der Waals surface area contributed by atoms with Crippen molar-refractivity contribution >= 4 is 27.7 Å². The predicted molar refractivity (Wildman–Crippen MR) is 86.6 cm³/mol. The largest absolute Gasteiger partial charge is 0.493 e. The van der Waals surface area contributed by atoms with E-state index >= 15 is 0 Å². The lowest BCUT2D eigenvalue weighted by Crippen LogP contribution is -2.16. The Balaban J connectivity index is 1.81. The van der Waals surface area contributed by atoms with Crippen LogP contribution in [0.25, 0.3) is 0 Å². The Bertz CT molecular complexity index is 627. The molecule has 0 atom stereocenters. The van der Waals surface area contributed by atoms with E-state index in [1.807, 2.05) is 38.1 Å². The van der Waals surface area contributed by atoms with Gasteiger partial charge >= 0.3 is 0 Å². The number of hydrogen-bond acceptors (Lipinski definition) is 3. The number of nitrogens with one attached hydrogen (secondary N) is 1. The number of pyridine rings is 1. The summed E-state index contributed by atoms with van der Waals surface area (Å²) in [5.41, 5.74) is 2.28. The van der Waals surface area contributed by atoms with E-state index in [9.17, 15) is 4.79 Å². The highest BCUT2D eigenvalue weighted by Crippen LogP contribution is 2.20. The molecule has 2 rings (SSSR count). The molecular weight excluding hydrogens is 332 g/mol. The molecule has 1 N–H and O–H groups in total. The van der Waals surface area contributed by atoms with Gasteiger partial charge in [0, 0.05) is 10.7 Å². The number of carbonyl (C=O) groups is 1. The first-order chi connectivity index (χ1) is 10.1. The van der Waals surface area contributed by atoms with Crippen LogP contribution in [0.3, 0.4) is 0 Å². The topological polar surface area (TPSA) is 51.2 Å². The maximum Gasteiger partial charge on any atom is 0.228 e. The van der Waals surface area contributed by atoms with Gasteiger partial charge in [0.05, 0.1) is 13.0 Å². The second-order valence-electron chi connectivity index (χ2n) is 4.71. The van der Waals surface area contributed by atoms with Crippen molar-refractivity contribution in [1.82, 2.24) is 4.98 Å². The Morgan fingerprint density at radius 3 is 2.81 bits per heavy atom. The molecule has 0 spiro atoms. The normalized spacial score (nSPS) is 10.2. The summed E-state index contributed by atoms with van der Waals surface area (Å²) < 4.78 is 6.53. The van der Waals surface area contributed by atoms with Crippen molar-refractivity contribution in [2.24, 2.45) is 0 Å². The number of aryl methyl sites for hydroxylation is 1. The van der Waals surface area contributed by atoms with Crippen LogP contribution in [0.4, 0.5) is 5.82 Å². The molecule has 0 radical (unpaired) electrons. The zero-order valence-electron chi connectivity index (χ0n) is 12.0. The molecule has 0 fully saturated rings. The number of nitrogens with zero attached hydrogens (tertiary/aromatic N) is 1. The van der Waals surface area contributed by atoms with Gasteiger partial charge in [-0.25, -0.2) is 4.98 Å². The molecule has 0 saturated carbocycles. The van der Waals surface area contributed by atoms with Crippen LogP contribution >= 0.6 is 15.9 Å². The van der Waals surface area contributed by atoms with Crippen molar-refractivity contribution in [2.45, 2.75) is 20.3 Å². The fourth-order valence-electron chi connectivity index (χ4n) is 1.79. The first-order valence-corrected chi connectivity index (χ1v) is 7.46. The summed E-state index contributed by atoms with van der Waals surface area (Å²) in [7, 11) is 0. The minimum atomic E-state index is -0.116. The van der Waals surface area contributed by atoms with Crippen LogP contribution in [0.5, 0.6) is 5.75 Å². The zero-order valence-corrected chi connectivity index (χ0v) is 13.6. The summed E-state index contributed by atoms with van der Waals surface area (Å²) in [5, 5.41) is 2.73. The van der Waals surface area contributed by atoms with E-state index in [4.69, 9.17) is 4.74 Å². The van der Waals surface area contributed by atoms with Crippen molar-refractivity contribution < 1.29 is 9.53 Å². The Hall–Kier alpha value is -1.88. The average Bonchev–Trinajstić information content (AvgIpc) is 2.46. The molecule has 1 heterocycles. The highest BCUT2D eigenvalue weighted by atomic mass is 79.9. The van der Waals surface area contributed by atoms with E-state index in [-0.39, 0.29) is 12.3 Å². The van der Waals surface area contributed by atoms with E-state index in [1.54, 1.807) is 12.3 Å². The van der Waals surface area contributed by atoms with Crippen LogP contribution in [0.15, 0.2) is 41.0 Å². The number of carbonyl (C=O) groups excluding carboxylic acids is 1. The van der Waals surface area contributed by atoms with Gasteiger partial charge in [-0.05, 0) is 59.1 Å². The van der Waals surface area contributed by atoms with Crippen LogP contribution in [-0.4, -0.2) is 17.5 Å². The highest BCUT2D eigenvalue weighted by molar-refractivity contribution is 9.10. The fourth-order valence-corrected chi connectivity index (χ4v) is 2.02. The number of aromatic nitrogens is 1. The van der Waals surface area contributed by atoms with Crippen molar-refractivity contribution in [3.63, 3.8) is 0 Å². The molecule has 110 valence electrons. The van der Waals surface area contributed by atoms with Gasteiger partial charge in [-0.15, -0.1) is 0 Å². The highest BCUT2D eigenvalue weighted by Gasteiger charge is 2.06. The maximum atomic E-state index is 11.8. The molecule has 0 aliphatic carbocycles. The second-order valence-corrected chi connectivity index (χ2v) is 5.62. The molecule has 2 aromatic rings. The number of benzene rings is 1. The number of anilines is 1. The van der Waals surface area contributed by atoms with E-state index < -0.39 is 0 Å². The third-order valence-electron chi connectivity index (χ3n) is 3.14. The van der Waals surface area contributed by atoms with Crippen molar-refractivity contribution in [2.75, 3.05) is 11.9 Å². The molecule has 0 saturated heterocycles. The molecule has 0 aliphatic rings. The standard InChI is InChI=1S/C16H17BrN2O2/c1-11-4-3-5-14(12(11)2)21-9-8-16(20)19-15-7-6-13(17)10-18-15/h3-7,10H,8-9H2,1-2H3,(H,18,19,20). The molecule has 4 nitrogen and oxygen atoms in total. The smallest absolute Gasteiger partial charge is 0.228 e. The Kier molecular flexibility index (Phi) is 5.33. The number of ether oxygens (including phenoxy) is 1. The molecule has 1 amide bonds. The van der Waals surface area contributed by atoms with E-state index in [2.05, 4.69) is 26.2 Å². The second kappa shape index (κ2) is 7.22. The lowest BCUT2D eigenvalue weighted by Gasteiger charge is -2.10. The summed E-state index contributed by atoms with van der Waals surface area (Å²) >= 11 is 3.30. The number of halogens is 1. The van der Waals surface area contributed by atoms with Gasteiger partial charge in [-0.3, -0.25) is 4.79 Å². The van der Waals surface area contributed by atoms with Crippen LogP contribution < -0.4 is 10.1 Å². The Labute approximate surface area is 132 Å². The third-order valence-corrected chi connectivity index (χ3v) is 3.61. The predicted octanol–water partition coefficient (Wildman–Crippen LogP) is 3.87. The SMILES string of the molecule is Cc1cccc(OCCC(=O)Nc2ccc(Br)cn2)c1C. The number of hydrogen-bond donors (Lipinski definition) is 1. The third kappa shape index (κ3) is 4.56. The molecule has 0 unspecified atom stereocenters. The average molecular weight is 349 g/mol. The zero-order chi connectivity index (χ0) is 15.2. The van der Waals surface area contributed by atoms with Crippen molar-refractivity contribution in [1.29, 1.82) is 0 Å². The van der Waals surface area contributed by atoms with Gasteiger partial charge in [0.15, 0.2) is 0 Å². The monoisotopic (exact) mass is 348 g/mol. The van der Waals surface area contributed by atoms with Crippen LogP contribution in [-0.2, 0) is 4.79 Å². The summed E-state index contributed by atoms with van der Waals surface area (Å²) in [4.78, 5) is 15.9. The molecule has 21 heavy (non-hydrogen) atoms. The molecule has 1 aromatic carbocycles. The Morgan fingerprint density at radius 1 is 1.29 bits per heavy atom. The van der Waals surface area contributed by atoms with E-state index in [0.717, 1.165) is 15.8 Å². The minimum Gasteiger partial charge on any atom is -0.493 e. The molecule has 0 bridgehead atoms. The van der Waals surface area contributed by atoms with Crippen molar-refractivity contribution in [3.8, 4) is 5.75 Å². The van der Waals surface area contributed by atoms with Gasteiger partial charge in [-0.2, -0.15) is 0 Å². The van der Waals surface area contributed by atoms with E-state index in [1.165, 1.54) is 5.56 Å². The lowest BCUT2D eigenvalue weighted by atomic mass is 10.1. The van der Waals surface area contributed by atoms with Crippen LogP contribution in [0, 0.1) is 13.8 Å². The molecule has 0 aliphatic heterocycles. The van der Waals surface area contributed by atoms with Crippen LogP contribution in [0.1, 0.15) is 17.5 Å². The van der Waals surface area contributed by atoms with Crippen molar-refractivity contribution in [3.05, 3.63) is 52.1 Å². The summed E-state index contributed by atoms with van der Waals surface area (Å²) in [5.74, 6) is 1.25. The lowest BCUT2D eigenvalue weighted by molar-refractivity contribution is -0.116. The van der Waals surface area contributed by atoms with Gasteiger partial charge in [0.2, 0.25) is 5.91 Å². The van der Waals surface area contributed by atoms with Gasteiger partial charge in [-0.1, -0.05) is 12.1 Å². The molecule has 5 heteroatoms. The van der Waals surface area contributed by atoms with E-state index in [0.29, 0.717) is 12.4 Å². The summed E-state index contributed by atoms with van der Waals surface area (Å²) in [6, 6.07) is 9.47. The Morgan fingerprint density at radius 2 is 2.10 bits per heavy atom. The van der Waals surface area contributed by atoms with Gasteiger partial charge < -0.3 is 10.1 Å². The summed E-state index contributed by atoms with van der Waals surface area (Å²) in [6.45, 7) is 4.39. The first kappa shape index (κ1) is 15.5. The van der Waals surface area contributed by atoms with Crippen LogP contribution in [0.2, 0.25) is 0 Å². The minimum absolute atomic E-state index is 0.116. The molecular formula is C16H17BrN2O2. The quantitative estimate of drug-likeness (QED) is 0.892. The number of amides is 1. The first-order valence-electron chi connectivity index (χ1n) is 6.66. The van der Waals surface area contributed by atoms with Gasteiger partial charge in [0.1, 0.15) is 11.6 Å². The maximum absolute atomic E-state index is 11.8. The van der Waals surface area contributed by atoms with Gasteiger partial charge in [0.25, 0.3) is 0 Å². The molecule has 1 aromatic heterocycles.